The Bertz CT molecular complexity index is 522. The van der Waals surface area contributed by atoms with E-state index in [2.05, 4.69) is 10.1 Å². The molecular weight excluding hydrogens is 291 g/mol. The van der Waals surface area contributed by atoms with E-state index in [1.165, 1.54) is 0 Å². The van der Waals surface area contributed by atoms with Crippen LogP contribution in [0.5, 0.6) is 5.75 Å². The maximum atomic E-state index is 13.0. The highest BCUT2D eigenvalue weighted by Crippen LogP contribution is 2.22. The number of aliphatic carboxylic acids is 1. The summed E-state index contributed by atoms with van der Waals surface area (Å²) in [7, 11) is 0. The Balaban J connectivity index is 2.79. The number of carboxylic acids is 1. The number of benzene rings is 1. The lowest BCUT2D eigenvalue weighted by Gasteiger charge is -2.15. The fraction of sp³-hybridized carbons (Fsp3) is 0.385. The van der Waals surface area contributed by atoms with Gasteiger partial charge in [0.25, 0.3) is 5.91 Å². The van der Waals surface area contributed by atoms with E-state index >= 15 is 0 Å². The van der Waals surface area contributed by atoms with Crippen LogP contribution in [-0.4, -0.2) is 29.6 Å². The number of carbonyl (C=O) groups is 2. The molecule has 0 aliphatic heterocycles. The van der Waals surface area contributed by atoms with Gasteiger partial charge in [-0.2, -0.15) is 8.78 Å². The molecule has 0 saturated heterocycles. The van der Waals surface area contributed by atoms with Crippen molar-refractivity contribution in [3.63, 3.8) is 0 Å². The van der Waals surface area contributed by atoms with Crippen molar-refractivity contribution in [1.29, 1.82) is 0 Å². The summed E-state index contributed by atoms with van der Waals surface area (Å²) < 4.78 is 41.6. The molecule has 2 N–H and O–H groups in total. The first-order valence-electron chi connectivity index (χ1n) is 6.06. The number of rotatable bonds is 7. The Morgan fingerprint density at radius 1 is 1.38 bits per heavy atom. The average Bonchev–Trinajstić information content (AvgIpc) is 2.35. The van der Waals surface area contributed by atoms with Crippen LogP contribution < -0.4 is 10.1 Å². The quantitative estimate of drug-likeness (QED) is 0.811. The van der Waals surface area contributed by atoms with Gasteiger partial charge in [-0.15, -0.1) is 0 Å². The van der Waals surface area contributed by atoms with Crippen LogP contribution >= 0.6 is 0 Å². The van der Waals surface area contributed by atoms with Gasteiger partial charge < -0.3 is 15.2 Å². The molecule has 1 atom stereocenters. The maximum absolute atomic E-state index is 13.0. The second kappa shape index (κ2) is 7.51. The zero-order valence-electron chi connectivity index (χ0n) is 11.1. The number of carbonyl (C=O) groups excluding carboxylic acids is 1. The molecule has 1 aromatic rings. The Morgan fingerprint density at radius 2 is 2.05 bits per heavy atom. The minimum Gasteiger partial charge on any atom is -0.481 e. The number of carboxylic acid groups (broad SMARTS) is 1. The van der Waals surface area contributed by atoms with Gasteiger partial charge in [-0.05, 0) is 25.5 Å². The first-order chi connectivity index (χ1) is 9.79. The van der Waals surface area contributed by atoms with E-state index in [1.807, 2.05) is 0 Å². The highest BCUT2D eigenvalue weighted by atomic mass is 19.3. The summed E-state index contributed by atoms with van der Waals surface area (Å²) in [4.78, 5) is 22.3. The van der Waals surface area contributed by atoms with Crippen molar-refractivity contribution >= 4 is 11.9 Å². The van der Waals surface area contributed by atoms with Gasteiger partial charge in [0.2, 0.25) is 0 Å². The van der Waals surface area contributed by atoms with Crippen LogP contribution in [0.1, 0.15) is 30.1 Å². The average molecular weight is 305 g/mol. The van der Waals surface area contributed by atoms with Crippen molar-refractivity contribution in [1.82, 2.24) is 5.32 Å². The van der Waals surface area contributed by atoms with Gasteiger partial charge in [0, 0.05) is 18.5 Å². The lowest BCUT2D eigenvalue weighted by Crippen LogP contribution is -2.33. The first kappa shape index (κ1) is 16.8. The summed E-state index contributed by atoms with van der Waals surface area (Å²) in [5.41, 5.74) is -0.251. The third-order valence-electron chi connectivity index (χ3n) is 2.57. The summed E-state index contributed by atoms with van der Waals surface area (Å²) in [5.74, 6) is -3.16. The van der Waals surface area contributed by atoms with Gasteiger partial charge in [-0.1, -0.05) is 0 Å². The van der Waals surface area contributed by atoms with E-state index in [0.717, 1.165) is 12.1 Å². The monoisotopic (exact) mass is 305 g/mol. The topological polar surface area (TPSA) is 75.6 Å². The minimum atomic E-state index is -3.19. The van der Waals surface area contributed by atoms with Gasteiger partial charge in [0.1, 0.15) is 11.6 Å². The van der Waals surface area contributed by atoms with E-state index in [1.54, 1.807) is 6.92 Å². The molecular formula is C13H14F3NO4. The molecule has 0 radical (unpaired) electrons. The van der Waals surface area contributed by atoms with Crippen molar-refractivity contribution in [3.8, 4) is 5.75 Å². The summed E-state index contributed by atoms with van der Waals surface area (Å²) in [5, 5.41) is 11.0. The van der Waals surface area contributed by atoms with Gasteiger partial charge in [-0.3, -0.25) is 9.59 Å². The molecule has 1 rings (SSSR count). The van der Waals surface area contributed by atoms with Crippen molar-refractivity contribution in [2.45, 2.75) is 32.4 Å². The Morgan fingerprint density at radius 3 is 2.62 bits per heavy atom. The van der Waals surface area contributed by atoms with E-state index < -0.39 is 36.1 Å². The summed E-state index contributed by atoms with van der Waals surface area (Å²) in [6.07, 6.45) is 0.0264. The molecule has 21 heavy (non-hydrogen) atoms. The van der Waals surface area contributed by atoms with Crippen LogP contribution in [0, 0.1) is 5.82 Å². The van der Waals surface area contributed by atoms with Crippen LogP contribution in [0.3, 0.4) is 0 Å². The second-order valence-corrected chi connectivity index (χ2v) is 4.33. The molecule has 1 aromatic carbocycles. The van der Waals surface area contributed by atoms with Gasteiger partial charge in [-0.25, -0.2) is 4.39 Å². The molecule has 0 aromatic heterocycles. The molecule has 0 heterocycles. The van der Waals surface area contributed by atoms with Gasteiger partial charge in [0.15, 0.2) is 0 Å². The van der Waals surface area contributed by atoms with Crippen molar-refractivity contribution < 1.29 is 32.6 Å². The molecule has 0 saturated carbocycles. The normalized spacial score (nSPS) is 12.0. The molecule has 1 amide bonds. The molecule has 1 unspecified atom stereocenters. The largest absolute Gasteiger partial charge is 0.481 e. The fourth-order valence-corrected chi connectivity index (χ4v) is 1.59. The highest BCUT2D eigenvalue weighted by Gasteiger charge is 2.18. The number of nitrogens with one attached hydrogen (secondary N) is 1. The van der Waals surface area contributed by atoms with Crippen molar-refractivity contribution in [2.75, 3.05) is 0 Å². The zero-order valence-corrected chi connectivity index (χ0v) is 11.1. The number of hydrogen-bond acceptors (Lipinski definition) is 3. The molecule has 0 aliphatic rings. The lowest BCUT2D eigenvalue weighted by molar-refractivity contribution is -0.137. The molecule has 0 spiro atoms. The lowest BCUT2D eigenvalue weighted by atomic mass is 10.1. The molecule has 0 bridgehead atoms. The number of hydrogen-bond donors (Lipinski definition) is 2. The third kappa shape index (κ3) is 5.72. The Kier molecular flexibility index (Phi) is 6.01. The second-order valence-electron chi connectivity index (χ2n) is 4.33. The first-order valence-corrected chi connectivity index (χ1v) is 6.06. The SMILES string of the molecule is CC(CCC(=O)O)NC(=O)c1ccc(F)cc1OC(F)F. The molecule has 0 fully saturated rings. The van der Waals surface area contributed by atoms with Crippen LogP contribution in [0.25, 0.3) is 0 Å². The predicted molar refractivity (Wildman–Crippen MR) is 66.8 cm³/mol. The highest BCUT2D eigenvalue weighted by molar-refractivity contribution is 5.97. The summed E-state index contributed by atoms with van der Waals surface area (Å²) in [6, 6.07) is 2.16. The summed E-state index contributed by atoms with van der Waals surface area (Å²) in [6.45, 7) is -1.62. The standard InChI is InChI=1S/C13H14F3NO4/c1-7(2-5-11(18)19)17-12(20)9-4-3-8(14)6-10(9)21-13(15)16/h3-4,6-7,13H,2,5H2,1H3,(H,17,20)(H,18,19). The van der Waals surface area contributed by atoms with Crippen LogP contribution in [-0.2, 0) is 4.79 Å². The Labute approximate surface area is 118 Å². The van der Waals surface area contributed by atoms with Crippen molar-refractivity contribution in [3.05, 3.63) is 29.6 Å². The van der Waals surface area contributed by atoms with Gasteiger partial charge in [0.05, 0.1) is 5.56 Å². The van der Waals surface area contributed by atoms with E-state index in [4.69, 9.17) is 5.11 Å². The molecule has 116 valence electrons. The van der Waals surface area contributed by atoms with E-state index in [9.17, 15) is 22.8 Å². The number of alkyl halides is 2. The number of amides is 1. The van der Waals surface area contributed by atoms with E-state index in [0.29, 0.717) is 6.07 Å². The number of ether oxygens (including phenoxy) is 1. The molecule has 5 nitrogen and oxygen atoms in total. The van der Waals surface area contributed by atoms with E-state index in [-0.39, 0.29) is 18.4 Å². The zero-order chi connectivity index (χ0) is 16.0. The van der Waals surface area contributed by atoms with Crippen molar-refractivity contribution in [2.24, 2.45) is 0 Å². The molecule has 0 aliphatic carbocycles. The van der Waals surface area contributed by atoms with Crippen LogP contribution in [0.15, 0.2) is 18.2 Å². The predicted octanol–water partition coefficient (Wildman–Crippen LogP) is 2.41. The summed E-state index contributed by atoms with van der Waals surface area (Å²) >= 11 is 0. The Hall–Kier alpha value is -2.25. The number of halogens is 3. The maximum Gasteiger partial charge on any atom is 0.387 e. The fourth-order valence-electron chi connectivity index (χ4n) is 1.59. The third-order valence-corrected chi connectivity index (χ3v) is 2.57. The van der Waals surface area contributed by atoms with Gasteiger partial charge >= 0.3 is 12.6 Å². The van der Waals surface area contributed by atoms with Crippen LogP contribution in [0.2, 0.25) is 0 Å². The molecule has 8 heteroatoms. The van der Waals surface area contributed by atoms with Crippen LogP contribution in [0.4, 0.5) is 13.2 Å². The minimum absolute atomic E-state index is 0.148. The smallest absolute Gasteiger partial charge is 0.387 e.